The first kappa shape index (κ1) is 31.4. The molecular weight excluding hydrogens is 591 g/mol. The molecule has 0 unspecified atom stereocenters. The van der Waals surface area contributed by atoms with Crippen molar-refractivity contribution in [2.45, 2.75) is 75.5 Å². The van der Waals surface area contributed by atoms with Gasteiger partial charge in [0.1, 0.15) is 5.60 Å². The van der Waals surface area contributed by atoms with E-state index in [0.717, 1.165) is 33.4 Å². The molecule has 0 aliphatic heterocycles. The van der Waals surface area contributed by atoms with Crippen molar-refractivity contribution in [1.29, 1.82) is 0 Å². The van der Waals surface area contributed by atoms with Crippen LogP contribution in [0.3, 0.4) is 0 Å². The van der Waals surface area contributed by atoms with Crippen LogP contribution in [0.1, 0.15) is 84.8 Å². The SMILES string of the molecule is COC(=O)c1cccc(C=Cc2ccc([C@H]3C[C@@]4(C)[C@@H](CC[C@@]4(O)C(F)(F)C(F)(F)F)[C@@H]4CCC5=CC(=O)CCC5=C43)cc2)c1. The standard InChI is InChI=1S/C36H35F5O4/c1-33-20-29(23-10-8-21(9-11-23)6-7-22-4-3-5-25(18-22)32(43)45-2)31-27-15-13-26(42)19-24(27)12-14-28(31)30(33)16-17-34(33,44)35(37,38)36(39,40)41/h3-11,18-19,28-30,44H,12-17,20H2,1-2H3/t28-,29+,30-,33-,34-/m0/s1. The number of halogens is 5. The lowest BCUT2D eigenvalue weighted by Crippen LogP contribution is -2.65. The molecule has 2 aromatic carbocycles. The molecule has 0 aromatic heterocycles. The summed E-state index contributed by atoms with van der Waals surface area (Å²) in [6.45, 7) is 1.42. The maximum absolute atomic E-state index is 15.2. The number of aliphatic hydroxyl groups is 1. The Kier molecular flexibility index (Phi) is 7.70. The van der Waals surface area contributed by atoms with Crippen molar-refractivity contribution in [2.24, 2.45) is 17.3 Å². The lowest BCUT2D eigenvalue weighted by atomic mass is 9.50. The largest absolute Gasteiger partial charge is 0.465 e. The summed E-state index contributed by atoms with van der Waals surface area (Å²) in [6, 6.07) is 14.4. The number of fused-ring (bicyclic) bond motifs is 4. The molecule has 4 aliphatic carbocycles. The number of rotatable bonds is 5. The summed E-state index contributed by atoms with van der Waals surface area (Å²) in [5, 5.41) is 11.4. The quantitative estimate of drug-likeness (QED) is 0.206. The van der Waals surface area contributed by atoms with Gasteiger partial charge in [0.15, 0.2) is 5.78 Å². The molecule has 5 atom stereocenters. The highest BCUT2D eigenvalue weighted by Gasteiger charge is 2.79. The van der Waals surface area contributed by atoms with Crippen LogP contribution in [0.25, 0.3) is 12.2 Å². The van der Waals surface area contributed by atoms with Gasteiger partial charge in [0.25, 0.3) is 0 Å². The molecule has 0 amide bonds. The van der Waals surface area contributed by atoms with Crippen LogP contribution < -0.4 is 0 Å². The van der Waals surface area contributed by atoms with Crippen LogP contribution in [0.15, 0.2) is 71.3 Å². The highest BCUT2D eigenvalue weighted by molar-refractivity contribution is 5.93. The maximum atomic E-state index is 15.2. The highest BCUT2D eigenvalue weighted by atomic mass is 19.4. The number of hydrogen-bond acceptors (Lipinski definition) is 4. The summed E-state index contributed by atoms with van der Waals surface area (Å²) < 4.78 is 76.6. The predicted octanol–water partition coefficient (Wildman–Crippen LogP) is 8.47. The Morgan fingerprint density at radius 1 is 0.978 bits per heavy atom. The van der Waals surface area contributed by atoms with Gasteiger partial charge in [0.05, 0.1) is 12.7 Å². The predicted molar refractivity (Wildman–Crippen MR) is 159 cm³/mol. The fourth-order valence-electron chi connectivity index (χ4n) is 8.63. The van der Waals surface area contributed by atoms with Gasteiger partial charge in [-0.3, -0.25) is 4.79 Å². The van der Waals surface area contributed by atoms with Crippen LogP contribution >= 0.6 is 0 Å². The van der Waals surface area contributed by atoms with Crippen molar-refractivity contribution < 1.29 is 41.4 Å². The fourth-order valence-corrected chi connectivity index (χ4v) is 8.63. The van der Waals surface area contributed by atoms with Crippen molar-refractivity contribution >= 4 is 23.9 Å². The Morgan fingerprint density at radius 2 is 1.69 bits per heavy atom. The van der Waals surface area contributed by atoms with Crippen LogP contribution in [0, 0.1) is 17.3 Å². The van der Waals surface area contributed by atoms with Gasteiger partial charge in [0, 0.05) is 17.8 Å². The van der Waals surface area contributed by atoms with E-state index >= 15 is 8.78 Å². The van der Waals surface area contributed by atoms with Gasteiger partial charge < -0.3 is 9.84 Å². The molecule has 2 saturated carbocycles. The van der Waals surface area contributed by atoms with E-state index in [1.165, 1.54) is 14.0 Å². The van der Waals surface area contributed by atoms with Crippen LogP contribution in [0.5, 0.6) is 0 Å². The molecule has 0 saturated heterocycles. The minimum Gasteiger partial charge on any atom is -0.465 e. The van der Waals surface area contributed by atoms with E-state index in [1.54, 1.807) is 24.3 Å². The number of ether oxygens (including phenoxy) is 1. The monoisotopic (exact) mass is 626 g/mol. The smallest absolute Gasteiger partial charge is 0.456 e. The topological polar surface area (TPSA) is 63.6 Å². The highest BCUT2D eigenvalue weighted by Crippen LogP contribution is 2.70. The van der Waals surface area contributed by atoms with Gasteiger partial charge in [-0.15, -0.1) is 0 Å². The van der Waals surface area contributed by atoms with Crippen molar-refractivity contribution in [2.75, 3.05) is 7.11 Å². The lowest BCUT2D eigenvalue weighted by molar-refractivity contribution is -0.362. The molecule has 4 aliphatic rings. The Balaban J connectivity index is 1.39. The Hall–Kier alpha value is -3.59. The van der Waals surface area contributed by atoms with Gasteiger partial charge in [-0.05, 0) is 96.4 Å². The van der Waals surface area contributed by atoms with Crippen molar-refractivity contribution in [3.8, 4) is 0 Å². The van der Waals surface area contributed by atoms with Gasteiger partial charge in [0.2, 0.25) is 0 Å². The number of benzene rings is 2. The summed E-state index contributed by atoms with van der Waals surface area (Å²) in [5.74, 6) is -6.98. The second-order valence-electron chi connectivity index (χ2n) is 13.1. The molecule has 0 radical (unpaired) electrons. The zero-order valence-corrected chi connectivity index (χ0v) is 25.1. The number of ketones is 1. The normalized spacial score (nSPS) is 30.1. The van der Waals surface area contributed by atoms with Gasteiger partial charge >= 0.3 is 18.1 Å². The fraction of sp³-hybridized carbons (Fsp3) is 0.444. The molecule has 238 valence electrons. The summed E-state index contributed by atoms with van der Waals surface area (Å²) in [6.07, 6.45) is 0.804. The first-order valence-corrected chi connectivity index (χ1v) is 15.3. The van der Waals surface area contributed by atoms with Crippen molar-refractivity contribution in [3.63, 3.8) is 0 Å². The zero-order valence-electron chi connectivity index (χ0n) is 25.1. The van der Waals surface area contributed by atoms with E-state index in [1.807, 2.05) is 42.5 Å². The number of carbonyl (C=O) groups excluding carboxylic acids is 2. The number of allylic oxidation sites excluding steroid dienone is 4. The number of esters is 1. The summed E-state index contributed by atoms with van der Waals surface area (Å²) >= 11 is 0. The molecule has 0 bridgehead atoms. The third-order valence-electron chi connectivity index (χ3n) is 10.9. The van der Waals surface area contributed by atoms with Crippen LogP contribution in [0.4, 0.5) is 22.0 Å². The van der Waals surface area contributed by atoms with Gasteiger partial charge in [-0.2, -0.15) is 22.0 Å². The second kappa shape index (κ2) is 11.0. The number of methoxy groups -OCH3 is 1. The van der Waals surface area contributed by atoms with Gasteiger partial charge in [-0.25, -0.2) is 4.79 Å². The third-order valence-corrected chi connectivity index (χ3v) is 10.9. The average molecular weight is 627 g/mol. The van der Waals surface area contributed by atoms with Crippen LogP contribution in [0.2, 0.25) is 0 Å². The maximum Gasteiger partial charge on any atom is 0.456 e. The van der Waals surface area contributed by atoms with Crippen LogP contribution in [-0.2, 0) is 9.53 Å². The number of alkyl halides is 5. The number of carbonyl (C=O) groups is 2. The molecule has 1 N–H and O–H groups in total. The minimum absolute atomic E-state index is 0.0401. The van der Waals surface area contributed by atoms with Gasteiger partial charge in [-0.1, -0.05) is 61.0 Å². The zero-order chi connectivity index (χ0) is 32.4. The first-order valence-electron chi connectivity index (χ1n) is 15.3. The molecule has 45 heavy (non-hydrogen) atoms. The Morgan fingerprint density at radius 3 is 2.38 bits per heavy atom. The summed E-state index contributed by atoms with van der Waals surface area (Å²) in [4.78, 5) is 24.2. The molecular formula is C36H35F5O4. The average Bonchev–Trinajstić information content (AvgIpc) is 3.30. The Bertz CT molecular complexity index is 1620. The summed E-state index contributed by atoms with van der Waals surface area (Å²) in [7, 11) is 1.31. The van der Waals surface area contributed by atoms with Crippen molar-refractivity contribution in [1.82, 2.24) is 0 Å². The minimum atomic E-state index is -5.88. The summed E-state index contributed by atoms with van der Waals surface area (Å²) in [5.41, 5.74) is 0.861. The van der Waals surface area contributed by atoms with E-state index in [0.29, 0.717) is 31.2 Å². The van der Waals surface area contributed by atoms with E-state index in [2.05, 4.69) is 0 Å². The number of hydrogen-bond donors (Lipinski definition) is 1. The molecule has 0 heterocycles. The third kappa shape index (κ3) is 4.98. The lowest BCUT2D eigenvalue weighted by Gasteiger charge is -2.56. The van der Waals surface area contributed by atoms with E-state index in [9.17, 15) is 27.9 Å². The molecule has 6 rings (SSSR count). The van der Waals surface area contributed by atoms with E-state index in [4.69, 9.17) is 4.74 Å². The van der Waals surface area contributed by atoms with E-state index in [-0.39, 0.29) is 24.5 Å². The van der Waals surface area contributed by atoms with E-state index < -0.39 is 47.3 Å². The molecule has 0 spiro atoms. The second-order valence-corrected chi connectivity index (χ2v) is 13.1. The molecule has 9 heteroatoms. The molecule has 4 nitrogen and oxygen atoms in total. The van der Waals surface area contributed by atoms with Crippen molar-refractivity contribution in [3.05, 3.63) is 93.6 Å². The van der Waals surface area contributed by atoms with Crippen LogP contribution in [-0.4, -0.2) is 41.7 Å². The molecule has 2 aromatic rings. The Labute approximate surface area is 258 Å². The molecule has 2 fully saturated rings. The first-order chi connectivity index (χ1) is 21.2.